The highest BCUT2D eigenvalue weighted by Gasteiger charge is 2.29. The highest BCUT2D eigenvalue weighted by Crippen LogP contribution is 2.34. The van der Waals surface area contributed by atoms with Gasteiger partial charge in [0.05, 0.1) is 5.75 Å². The van der Waals surface area contributed by atoms with Crippen molar-refractivity contribution in [2.75, 3.05) is 31.6 Å². The Balaban J connectivity index is 1.98. The fraction of sp³-hybridized carbons (Fsp3) is 0.625. The molecule has 0 N–H and O–H groups in total. The summed E-state index contributed by atoms with van der Waals surface area (Å²) in [7, 11) is -2.86. The average molecular weight is 295 g/mol. The van der Waals surface area contributed by atoms with Crippen molar-refractivity contribution < 1.29 is 8.42 Å². The van der Waals surface area contributed by atoms with Gasteiger partial charge < -0.3 is 4.90 Å². The van der Waals surface area contributed by atoms with Gasteiger partial charge in [-0.25, -0.2) is 8.42 Å². The molecule has 3 nitrogen and oxygen atoms in total. The third-order valence-corrected chi connectivity index (χ3v) is 5.27. The van der Waals surface area contributed by atoms with E-state index >= 15 is 0 Å². The number of sulfone groups is 1. The lowest BCUT2D eigenvalue weighted by Crippen LogP contribution is -2.41. The van der Waals surface area contributed by atoms with Gasteiger partial charge in [-0.2, -0.15) is 0 Å². The second-order valence-corrected chi connectivity index (χ2v) is 8.16. The van der Waals surface area contributed by atoms with Crippen molar-refractivity contribution in [1.82, 2.24) is 4.90 Å². The fourth-order valence-electron chi connectivity index (χ4n) is 3.16. The fourth-order valence-corrected chi connectivity index (χ4v) is 3.75. The van der Waals surface area contributed by atoms with E-state index in [1.54, 1.807) is 0 Å². The van der Waals surface area contributed by atoms with E-state index in [9.17, 15) is 8.42 Å². The van der Waals surface area contributed by atoms with E-state index < -0.39 is 9.84 Å². The number of benzene rings is 1. The number of likely N-dealkylation sites (tertiary alicyclic amines) is 1. The largest absolute Gasteiger partial charge is 0.302 e. The van der Waals surface area contributed by atoms with Crippen LogP contribution in [0.25, 0.3) is 0 Å². The molecule has 1 saturated heterocycles. The summed E-state index contributed by atoms with van der Waals surface area (Å²) in [6.07, 6.45) is 3.60. The van der Waals surface area contributed by atoms with E-state index in [0.717, 1.165) is 25.9 Å². The molecule has 0 aromatic heterocycles. The van der Waals surface area contributed by atoms with E-state index in [1.165, 1.54) is 11.8 Å². The lowest BCUT2D eigenvalue weighted by atomic mass is 9.79. The molecule has 0 aliphatic carbocycles. The average Bonchev–Trinajstić information content (AvgIpc) is 2.45. The van der Waals surface area contributed by atoms with Crippen molar-refractivity contribution >= 4 is 9.84 Å². The zero-order valence-electron chi connectivity index (χ0n) is 12.5. The number of hydrogen-bond donors (Lipinski definition) is 0. The molecule has 4 heteroatoms. The van der Waals surface area contributed by atoms with Gasteiger partial charge in [0.15, 0.2) is 0 Å². The molecule has 1 heterocycles. The number of piperidine rings is 1. The quantitative estimate of drug-likeness (QED) is 0.838. The standard InChI is InChI=1S/C16H25NO2S/c1-3-14-13-17(11-12-20(2,18)19)10-9-16(14)15-7-5-4-6-8-15/h4-8,14,16H,3,9-13H2,1-2H3/t14-,16+/m1/s1. The Kier molecular flexibility index (Phi) is 5.22. The molecule has 0 amide bonds. The molecule has 0 saturated carbocycles. The van der Waals surface area contributed by atoms with E-state index in [4.69, 9.17) is 0 Å². The maximum atomic E-state index is 11.3. The first-order chi connectivity index (χ1) is 9.49. The Labute approximate surface area is 122 Å². The first-order valence-electron chi connectivity index (χ1n) is 7.44. The zero-order valence-corrected chi connectivity index (χ0v) is 13.3. The van der Waals surface area contributed by atoms with Crippen molar-refractivity contribution in [2.24, 2.45) is 5.92 Å². The molecule has 0 unspecified atom stereocenters. The molecule has 0 spiro atoms. The maximum Gasteiger partial charge on any atom is 0.148 e. The van der Waals surface area contributed by atoms with Crippen LogP contribution in [0.5, 0.6) is 0 Å². The summed E-state index contributed by atoms with van der Waals surface area (Å²) in [5, 5.41) is 0. The van der Waals surface area contributed by atoms with Gasteiger partial charge in [0.25, 0.3) is 0 Å². The summed E-state index contributed by atoms with van der Waals surface area (Å²) in [5.74, 6) is 1.53. The van der Waals surface area contributed by atoms with Gasteiger partial charge in [0.2, 0.25) is 0 Å². The number of rotatable bonds is 5. The topological polar surface area (TPSA) is 37.4 Å². The summed E-state index contributed by atoms with van der Waals surface area (Å²) in [6, 6.07) is 10.7. The van der Waals surface area contributed by atoms with Crippen LogP contribution in [0.15, 0.2) is 30.3 Å². The first kappa shape index (κ1) is 15.5. The van der Waals surface area contributed by atoms with Gasteiger partial charge in [0.1, 0.15) is 9.84 Å². The van der Waals surface area contributed by atoms with E-state index in [2.05, 4.69) is 42.2 Å². The highest BCUT2D eigenvalue weighted by molar-refractivity contribution is 7.90. The van der Waals surface area contributed by atoms with Crippen molar-refractivity contribution in [2.45, 2.75) is 25.7 Å². The van der Waals surface area contributed by atoms with E-state index in [-0.39, 0.29) is 5.75 Å². The molecule has 2 atom stereocenters. The maximum absolute atomic E-state index is 11.3. The van der Waals surface area contributed by atoms with Gasteiger partial charge in [-0.15, -0.1) is 0 Å². The number of nitrogens with zero attached hydrogens (tertiary/aromatic N) is 1. The Morgan fingerprint density at radius 1 is 1.25 bits per heavy atom. The van der Waals surface area contributed by atoms with Crippen molar-refractivity contribution in [3.8, 4) is 0 Å². The number of hydrogen-bond acceptors (Lipinski definition) is 3. The summed E-state index contributed by atoms with van der Waals surface area (Å²) in [5.41, 5.74) is 1.43. The van der Waals surface area contributed by atoms with Gasteiger partial charge in [-0.3, -0.25) is 0 Å². The minimum atomic E-state index is -2.86. The Hall–Kier alpha value is -0.870. The van der Waals surface area contributed by atoms with Crippen molar-refractivity contribution in [1.29, 1.82) is 0 Å². The molecule has 20 heavy (non-hydrogen) atoms. The molecule has 0 bridgehead atoms. The normalized spacial score (nSPS) is 24.7. The van der Waals surface area contributed by atoms with Crippen LogP contribution in [0.3, 0.4) is 0 Å². The second-order valence-electron chi connectivity index (χ2n) is 5.90. The molecule has 1 aliphatic rings. The lowest BCUT2D eigenvalue weighted by molar-refractivity contribution is 0.157. The smallest absolute Gasteiger partial charge is 0.148 e. The molecule has 1 aromatic carbocycles. The Bertz CT molecular complexity index is 513. The summed E-state index contributed by atoms with van der Waals surface area (Å²) in [4.78, 5) is 2.31. The van der Waals surface area contributed by atoms with Gasteiger partial charge in [0, 0.05) is 19.3 Å². The highest BCUT2D eigenvalue weighted by atomic mass is 32.2. The molecule has 112 valence electrons. The summed E-state index contributed by atoms with van der Waals surface area (Å²) >= 11 is 0. The van der Waals surface area contributed by atoms with Crippen LogP contribution < -0.4 is 0 Å². The minimum absolute atomic E-state index is 0.277. The summed E-state index contributed by atoms with van der Waals surface area (Å²) < 4.78 is 22.6. The van der Waals surface area contributed by atoms with Crippen LogP contribution in [-0.4, -0.2) is 45.0 Å². The van der Waals surface area contributed by atoms with E-state index in [1.807, 2.05) is 0 Å². The minimum Gasteiger partial charge on any atom is -0.302 e. The predicted molar refractivity (Wildman–Crippen MR) is 83.7 cm³/mol. The van der Waals surface area contributed by atoms with Crippen molar-refractivity contribution in [3.63, 3.8) is 0 Å². The van der Waals surface area contributed by atoms with Crippen LogP contribution in [0.1, 0.15) is 31.2 Å². The van der Waals surface area contributed by atoms with Crippen LogP contribution in [-0.2, 0) is 9.84 Å². The summed E-state index contributed by atoms with van der Waals surface area (Å²) in [6.45, 7) is 4.94. The molecule has 1 fully saturated rings. The third kappa shape index (κ3) is 4.32. The second kappa shape index (κ2) is 6.72. The third-order valence-electron chi connectivity index (χ3n) is 4.35. The Morgan fingerprint density at radius 2 is 1.95 bits per heavy atom. The Morgan fingerprint density at radius 3 is 2.55 bits per heavy atom. The van der Waals surface area contributed by atoms with Crippen LogP contribution in [0.2, 0.25) is 0 Å². The van der Waals surface area contributed by atoms with E-state index in [0.29, 0.717) is 18.4 Å². The lowest BCUT2D eigenvalue weighted by Gasteiger charge is -2.38. The molecular weight excluding hydrogens is 270 g/mol. The molecule has 1 aromatic rings. The van der Waals surface area contributed by atoms with Gasteiger partial charge >= 0.3 is 0 Å². The van der Waals surface area contributed by atoms with Crippen LogP contribution in [0.4, 0.5) is 0 Å². The zero-order chi connectivity index (χ0) is 14.6. The molecule has 0 radical (unpaired) electrons. The first-order valence-corrected chi connectivity index (χ1v) is 9.50. The van der Waals surface area contributed by atoms with Gasteiger partial charge in [-0.05, 0) is 30.4 Å². The van der Waals surface area contributed by atoms with Crippen LogP contribution >= 0.6 is 0 Å². The predicted octanol–water partition coefficient (Wildman–Crippen LogP) is 2.55. The van der Waals surface area contributed by atoms with Crippen LogP contribution in [0, 0.1) is 5.92 Å². The van der Waals surface area contributed by atoms with Crippen molar-refractivity contribution in [3.05, 3.63) is 35.9 Å². The van der Waals surface area contributed by atoms with Gasteiger partial charge in [-0.1, -0.05) is 43.7 Å². The molecule has 1 aliphatic heterocycles. The molecule has 2 rings (SSSR count). The molecular formula is C16H25NO2S. The monoisotopic (exact) mass is 295 g/mol. The SMILES string of the molecule is CC[C@@H]1CN(CCS(C)(=O)=O)CC[C@@H]1c1ccccc1.